The highest BCUT2D eigenvalue weighted by atomic mass is 16.6. The van der Waals surface area contributed by atoms with Crippen LogP contribution in [0.3, 0.4) is 0 Å². The third kappa shape index (κ3) is 10.5. The minimum absolute atomic E-state index is 0.00336. The molecule has 4 heterocycles. The van der Waals surface area contributed by atoms with Crippen LogP contribution in [0.15, 0.2) is 165 Å². The normalized spacial score (nSPS) is 15.0. The molecule has 0 saturated heterocycles. The molecule has 4 aromatic carbocycles. The van der Waals surface area contributed by atoms with Crippen LogP contribution < -0.4 is 0 Å². The number of rotatable bonds is 10. The average molecular weight is 775 g/mol. The van der Waals surface area contributed by atoms with E-state index in [9.17, 15) is 19.2 Å². The zero-order chi connectivity index (χ0) is 40.1. The molecule has 0 bridgehead atoms. The van der Waals surface area contributed by atoms with Crippen molar-refractivity contribution in [2.45, 2.75) is 38.6 Å². The molecular weight excluding hydrogens is 733 g/mol. The molecule has 1 atom stereocenters. The molecule has 2 aromatic heterocycles. The van der Waals surface area contributed by atoms with E-state index < -0.39 is 18.1 Å². The smallest absolute Gasteiger partial charge is 0.414 e. The second kappa shape index (κ2) is 19.0. The maximum atomic E-state index is 12.4. The average Bonchev–Trinajstić information content (AvgIpc) is 3.94. The van der Waals surface area contributed by atoms with Gasteiger partial charge in [-0.15, -0.1) is 0 Å². The molecule has 2 aliphatic heterocycles. The molecule has 2 amide bonds. The summed E-state index contributed by atoms with van der Waals surface area (Å²) < 4.78 is 14.3. The molecule has 6 aromatic rings. The van der Waals surface area contributed by atoms with Crippen LogP contribution >= 0.6 is 0 Å². The van der Waals surface area contributed by atoms with E-state index in [2.05, 4.69) is 10.2 Å². The van der Waals surface area contributed by atoms with Crippen molar-refractivity contribution in [3.63, 3.8) is 0 Å². The Morgan fingerprint density at radius 2 is 1.12 bits per heavy atom. The van der Waals surface area contributed by atoms with Gasteiger partial charge in [0.2, 0.25) is 0 Å². The van der Waals surface area contributed by atoms with E-state index in [1.165, 1.54) is 22.1 Å². The summed E-state index contributed by atoms with van der Waals surface area (Å²) in [4.78, 5) is 52.6. The number of ketones is 2. The Kier molecular flexibility index (Phi) is 12.8. The molecule has 2 aliphatic rings. The molecule has 12 heteroatoms. The molecule has 0 radical (unpaired) electrons. The number of Topliss-reactive ketones (excluding diaryl/α,β-unsaturated/α-hetero) is 1. The van der Waals surface area contributed by atoms with Crippen LogP contribution in [0.1, 0.15) is 45.7 Å². The van der Waals surface area contributed by atoms with E-state index in [0.29, 0.717) is 30.8 Å². The number of ether oxygens (including phenoxy) is 2. The number of amides is 2. The Morgan fingerprint density at radius 1 is 0.621 bits per heavy atom. The minimum Gasteiger partial charge on any atom is -0.444 e. The van der Waals surface area contributed by atoms with Gasteiger partial charge in [-0.1, -0.05) is 121 Å². The van der Waals surface area contributed by atoms with Crippen molar-refractivity contribution in [3.8, 4) is 0 Å². The summed E-state index contributed by atoms with van der Waals surface area (Å²) >= 11 is 0. The number of hydrogen-bond acceptors (Lipinski definition) is 8. The summed E-state index contributed by atoms with van der Waals surface area (Å²) in [5.41, 5.74) is 6.05. The highest BCUT2D eigenvalue weighted by Crippen LogP contribution is 2.25. The lowest BCUT2D eigenvalue weighted by atomic mass is 9.95. The van der Waals surface area contributed by atoms with Crippen molar-refractivity contribution >= 4 is 29.3 Å². The third-order valence-electron chi connectivity index (χ3n) is 9.56. The van der Waals surface area contributed by atoms with E-state index in [1.807, 2.05) is 134 Å². The van der Waals surface area contributed by atoms with Gasteiger partial charge in [-0.2, -0.15) is 10.2 Å². The van der Waals surface area contributed by atoms with E-state index >= 15 is 0 Å². The van der Waals surface area contributed by atoms with Gasteiger partial charge in [0.05, 0.1) is 31.4 Å². The number of benzene rings is 4. The Balaban J connectivity index is 0.000000177. The quantitative estimate of drug-likeness (QED) is 0.139. The first kappa shape index (κ1) is 38.9. The van der Waals surface area contributed by atoms with Gasteiger partial charge >= 0.3 is 12.2 Å². The number of carbonyl (C=O) groups excluding carboxylic acids is 4. The molecule has 0 saturated carbocycles. The Bertz CT molecular complexity index is 2370. The SMILES string of the molecule is O=C1C=CN(C(=O)OCc2ccccc2)CC1c1cnn(Cc2ccccc2)c1.O=C1CCN(C(=O)OCc2ccccc2)C=C1c1cnn(Cc2ccccc2)c1. The molecule has 8 rings (SSSR count). The molecule has 58 heavy (non-hydrogen) atoms. The largest absolute Gasteiger partial charge is 0.444 e. The van der Waals surface area contributed by atoms with Crippen molar-refractivity contribution < 1.29 is 28.7 Å². The molecule has 1 unspecified atom stereocenters. The van der Waals surface area contributed by atoms with Crippen molar-refractivity contribution in [1.29, 1.82) is 0 Å². The second-order valence-electron chi connectivity index (χ2n) is 13.8. The van der Waals surface area contributed by atoms with Crippen molar-refractivity contribution in [3.05, 3.63) is 198 Å². The van der Waals surface area contributed by atoms with Gasteiger partial charge in [0.1, 0.15) is 13.2 Å². The summed E-state index contributed by atoms with van der Waals surface area (Å²) in [7, 11) is 0. The number of allylic oxidation sites excluding steroid dienone is 2. The number of hydrogen-bond donors (Lipinski definition) is 0. The maximum absolute atomic E-state index is 12.4. The zero-order valence-corrected chi connectivity index (χ0v) is 31.7. The molecule has 0 fully saturated rings. The highest BCUT2D eigenvalue weighted by molar-refractivity contribution is 6.21. The van der Waals surface area contributed by atoms with Crippen molar-refractivity contribution in [2.24, 2.45) is 0 Å². The van der Waals surface area contributed by atoms with Gasteiger partial charge in [-0.3, -0.25) is 28.8 Å². The Morgan fingerprint density at radius 3 is 1.69 bits per heavy atom. The zero-order valence-electron chi connectivity index (χ0n) is 31.7. The topological polar surface area (TPSA) is 129 Å². The minimum atomic E-state index is -0.473. The second-order valence-corrected chi connectivity index (χ2v) is 13.8. The predicted octanol–water partition coefficient (Wildman–Crippen LogP) is 7.63. The molecule has 292 valence electrons. The first-order valence-corrected chi connectivity index (χ1v) is 18.9. The van der Waals surface area contributed by atoms with Crippen LogP contribution in [-0.4, -0.2) is 66.2 Å². The van der Waals surface area contributed by atoms with Crippen LogP contribution in [0.5, 0.6) is 0 Å². The van der Waals surface area contributed by atoms with Crippen molar-refractivity contribution in [1.82, 2.24) is 29.4 Å². The first-order chi connectivity index (χ1) is 28.4. The lowest BCUT2D eigenvalue weighted by molar-refractivity contribution is -0.117. The van der Waals surface area contributed by atoms with E-state index in [-0.39, 0.29) is 37.7 Å². The lowest BCUT2D eigenvalue weighted by Gasteiger charge is -2.26. The van der Waals surface area contributed by atoms with Crippen molar-refractivity contribution in [2.75, 3.05) is 13.1 Å². The summed E-state index contributed by atoms with van der Waals surface area (Å²) in [5.74, 6) is -0.499. The summed E-state index contributed by atoms with van der Waals surface area (Å²) in [6.07, 6.45) is 10.8. The van der Waals surface area contributed by atoms with Gasteiger partial charge in [-0.25, -0.2) is 9.59 Å². The Labute approximate surface area is 336 Å². The van der Waals surface area contributed by atoms with E-state index in [4.69, 9.17) is 9.47 Å². The molecule has 0 spiro atoms. The fourth-order valence-corrected chi connectivity index (χ4v) is 6.44. The molecule has 12 nitrogen and oxygen atoms in total. The van der Waals surface area contributed by atoms with Crippen LogP contribution in [-0.2, 0) is 45.4 Å². The molecule has 0 N–H and O–H groups in total. The van der Waals surface area contributed by atoms with Gasteiger partial charge in [0, 0.05) is 61.0 Å². The summed E-state index contributed by atoms with van der Waals surface area (Å²) in [6, 6.07) is 38.9. The van der Waals surface area contributed by atoms with Crippen LogP contribution in [0, 0.1) is 0 Å². The van der Waals surface area contributed by atoms with E-state index in [0.717, 1.165) is 27.8 Å². The monoisotopic (exact) mass is 774 g/mol. The Hall–Kier alpha value is -7.34. The third-order valence-corrected chi connectivity index (χ3v) is 9.56. The van der Waals surface area contributed by atoms with Crippen LogP contribution in [0.25, 0.3) is 5.57 Å². The van der Waals surface area contributed by atoms with Gasteiger partial charge in [0.15, 0.2) is 11.6 Å². The number of carbonyl (C=O) groups is 4. The van der Waals surface area contributed by atoms with Crippen LogP contribution in [0.4, 0.5) is 9.59 Å². The molecule has 0 aliphatic carbocycles. The fraction of sp³-hybridized carbons (Fsp3) is 0.174. The summed E-state index contributed by atoms with van der Waals surface area (Å²) in [6.45, 7) is 2.18. The lowest BCUT2D eigenvalue weighted by Crippen LogP contribution is -2.36. The summed E-state index contributed by atoms with van der Waals surface area (Å²) in [5, 5.41) is 8.73. The van der Waals surface area contributed by atoms with Gasteiger partial charge in [0.25, 0.3) is 0 Å². The highest BCUT2D eigenvalue weighted by Gasteiger charge is 2.29. The first-order valence-electron chi connectivity index (χ1n) is 18.9. The molecular formula is C46H42N6O6. The predicted molar refractivity (Wildman–Crippen MR) is 217 cm³/mol. The van der Waals surface area contributed by atoms with Gasteiger partial charge < -0.3 is 9.47 Å². The van der Waals surface area contributed by atoms with Crippen LogP contribution in [0.2, 0.25) is 0 Å². The van der Waals surface area contributed by atoms with Gasteiger partial charge in [-0.05, 0) is 28.3 Å². The number of nitrogens with zero attached hydrogens (tertiary/aromatic N) is 6. The van der Waals surface area contributed by atoms with E-state index in [1.54, 1.807) is 28.0 Å². The fourth-order valence-electron chi connectivity index (χ4n) is 6.44. The number of aromatic nitrogens is 4. The maximum Gasteiger partial charge on any atom is 0.414 e. The standard InChI is InChI=1S/2C23H21N3O3/c2*27-22-11-12-25(23(28)29-17-19-9-5-2-6-10-19)16-21(22)20-13-24-26(15-20)14-18-7-3-1-4-8-18/h1-10,13,15-16H,11-12,14,17H2;1-13,15,21H,14,16-17H2.